The SMILES string of the molecule is Cc1nc(CN(C)CCCCCO)cs1. The van der Waals surface area contributed by atoms with E-state index in [0.29, 0.717) is 6.61 Å². The molecule has 0 spiro atoms. The number of nitrogens with zero attached hydrogens (tertiary/aromatic N) is 2. The molecule has 1 rings (SSSR count). The monoisotopic (exact) mass is 228 g/mol. The van der Waals surface area contributed by atoms with Gasteiger partial charge in [0.25, 0.3) is 0 Å². The Labute approximate surface area is 95.8 Å². The van der Waals surface area contributed by atoms with Gasteiger partial charge in [0.15, 0.2) is 0 Å². The van der Waals surface area contributed by atoms with E-state index in [1.807, 2.05) is 6.92 Å². The van der Waals surface area contributed by atoms with Crippen LogP contribution in [0.15, 0.2) is 5.38 Å². The molecule has 0 radical (unpaired) electrons. The van der Waals surface area contributed by atoms with E-state index in [4.69, 9.17) is 5.11 Å². The Balaban J connectivity index is 2.15. The first-order valence-corrected chi connectivity index (χ1v) is 6.30. The first-order chi connectivity index (χ1) is 7.22. The molecular weight excluding hydrogens is 208 g/mol. The summed E-state index contributed by atoms with van der Waals surface area (Å²) in [5.41, 5.74) is 1.17. The second kappa shape index (κ2) is 6.93. The second-order valence-electron chi connectivity index (χ2n) is 3.88. The normalized spacial score (nSPS) is 11.2. The molecule has 1 aromatic heterocycles. The summed E-state index contributed by atoms with van der Waals surface area (Å²) in [5.74, 6) is 0. The van der Waals surface area contributed by atoms with Crippen LogP contribution < -0.4 is 0 Å². The predicted octanol–water partition coefficient (Wildman–Crippen LogP) is 2.05. The third-order valence-corrected chi connectivity index (χ3v) is 3.12. The van der Waals surface area contributed by atoms with E-state index in [0.717, 1.165) is 37.4 Å². The number of hydrogen-bond donors (Lipinski definition) is 1. The fourth-order valence-corrected chi connectivity index (χ4v) is 2.11. The van der Waals surface area contributed by atoms with Crippen molar-refractivity contribution in [2.75, 3.05) is 20.2 Å². The number of unbranched alkanes of at least 4 members (excludes halogenated alkanes) is 2. The maximum Gasteiger partial charge on any atom is 0.0897 e. The zero-order valence-corrected chi connectivity index (χ0v) is 10.4. The minimum Gasteiger partial charge on any atom is -0.396 e. The summed E-state index contributed by atoms with van der Waals surface area (Å²) in [6, 6.07) is 0. The molecule has 1 aromatic rings. The smallest absolute Gasteiger partial charge is 0.0897 e. The van der Waals surface area contributed by atoms with Crippen molar-refractivity contribution in [3.63, 3.8) is 0 Å². The number of aromatic nitrogens is 1. The van der Waals surface area contributed by atoms with Crippen LogP contribution in [-0.2, 0) is 6.54 Å². The maximum absolute atomic E-state index is 8.65. The van der Waals surface area contributed by atoms with Crippen molar-refractivity contribution in [2.45, 2.75) is 32.7 Å². The second-order valence-corrected chi connectivity index (χ2v) is 4.94. The largest absolute Gasteiger partial charge is 0.396 e. The highest BCUT2D eigenvalue weighted by atomic mass is 32.1. The van der Waals surface area contributed by atoms with Gasteiger partial charge in [0.05, 0.1) is 10.7 Å². The van der Waals surface area contributed by atoms with Crippen molar-refractivity contribution in [1.29, 1.82) is 0 Å². The topological polar surface area (TPSA) is 36.4 Å². The van der Waals surface area contributed by atoms with E-state index >= 15 is 0 Å². The van der Waals surface area contributed by atoms with Gasteiger partial charge in [-0.05, 0) is 39.8 Å². The first kappa shape index (κ1) is 12.6. The molecule has 3 nitrogen and oxygen atoms in total. The fraction of sp³-hybridized carbons (Fsp3) is 0.727. The number of aryl methyl sites for hydroxylation is 1. The standard InChI is InChI=1S/C11H20N2OS/c1-10-12-11(9-15-10)8-13(2)6-4-3-5-7-14/h9,14H,3-8H2,1-2H3. The Kier molecular flexibility index (Phi) is 5.83. The quantitative estimate of drug-likeness (QED) is 0.726. The maximum atomic E-state index is 8.65. The van der Waals surface area contributed by atoms with Gasteiger partial charge in [-0.3, -0.25) is 0 Å². The highest BCUT2D eigenvalue weighted by molar-refractivity contribution is 7.09. The van der Waals surface area contributed by atoms with Crippen LogP contribution in [0.1, 0.15) is 30.0 Å². The van der Waals surface area contributed by atoms with Gasteiger partial charge in [-0.2, -0.15) is 0 Å². The van der Waals surface area contributed by atoms with Crippen molar-refractivity contribution >= 4 is 11.3 Å². The molecule has 0 aliphatic rings. The lowest BCUT2D eigenvalue weighted by atomic mass is 10.2. The van der Waals surface area contributed by atoms with E-state index in [9.17, 15) is 0 Å². The van der Waals surface area contributed by atoms with Gasteiger partial charge in [-0.25, -0.2) is 4.98 Å². The summed E-state index contributed by atoms with van der Waals surface area (Å²) >= 11 is 1.71. The van der Waals surface area contributed by atoms with Gasteiger partial charge in [-0.15, -0.1) is 11.3 Å². The summed E-state index contributed by atoms with van der Waals surface area (Å²) in [6.45, 7) is 4.37. The Morgan fingerprint density at radius 3 is 2.80 bits per heavy atom. The van der Waals surface area contributed by atoms with Crippen molar-refractivity contribution in [3.05, 3.63) is 16.1 Å². The molecule has 15 heavy (non-hydrogen) atoms. The molecule has 0 saturated carbocycles. The molecule has 1 heterocycles. The number of aliphatic hydroxyl groups excluding tert-OH is 1. The van der Waals surface area contributed by atoms with Crippen LogP contribution >= 0.6 is 11.3 Å². The van der Waals surface area contributed by atoms with Gasteiger partial charge in [0.1, 0.15) is 0 Å². The molecule has 0 saturated heterocycles. The summed E-state index contributed by atoms with van der Waals surface area (Å²) < 4.78 is 0. The fourth-order valence-electron chi connectivity index (χ4n) is 1.51. The number of thiazole rings is 1. The molecule has 0 unspecified atom stereocenters. The van der Waals surface area contributed by atoms with Gasteiger partial charge < -0.3 is 10.0 Å². The average Bonchev–Trinajstić information content (AvgIpc) is 2.59. The summed E-state index contributed by atoms with van der Waals surface area (Å²) in [6.07, 6.45) is 3.18. The lowest BCUT2D eigenvalue weighted by Gasteiger charge is -2.14. The van der Waals surface area contributed by atoms with Crippen LogP contribution in [0.3, 0.4) is 0 Å². The Morgan fingerprint density at radius 2 is 2.20 bits per heavy atom. The number of rotatable bonds is 7. The number of hydrogen-bond acceptors (Lipinski definition) is 4. The van der Waals surface area contributed by atoms with Gasteiger partial charge in [-0.1, -0.05) is 0 Å². The van der Waals surface area contributed by atoms with E-state index in [1.54, 1.807) is 11.3 Å². The van der Waals surface area contributed by atoms with E-state index in [-0.39, 0.29) is 0 Å². The Bertz CT molecular complexity index is 275. The highest BCUT2D eigenvalue weighted by Gasteiger charge is 2.02. The Hall–Kier alpha value is -0.450. The van der Waals surface area contributed by atoms with Crippen LogP contribution in [0, 0.1) is 6.92 Å². The summed E-state index contributed by atoms with van der Waals surface area (Å²) in [5, 5.41) is 11.9. The summed E-state index contributed by atoms with van der Waals surface area (Å²) in [4.78, 5) is 6.72. The van der Waals surface area contributed by atoms with Crippen LogP contribution in [0.5, 0.6) is 0 Å². The molecule has 0 aliphatic carbocycles. The van der Waals surface area contributed by atoms with E-state index < -0.39 is 0 Å². The molecule has 4 heteroatoms. The van der Waals surface area contributed by atoms with Crippen LogP contribution in [-0.4, -0.2) is 35.2 Å². The zero-order chi connectivity index (χ0) is 11.1. The molecule has 0 amide bonds. The minimum absolute atomic E-state index is 0.314. The van der Waals surface area contributed by atoms with Gasteiger partial charge >= 0.3 is 0 Å². The van der Waals surface area contributed by atoms with E-state index in [1.165, 1.54) is 5.69 Å². The van der Waals surface area contributed by atoms with Crippen LogP contribution in [0.25, 0.3) is 0 Å². The molecule has 86 valence electrons. The average molecular weight is 228 g/mol. The van der Waals surface area contributed by atoms with E-state index in [2.05, 4.69) is 22.3 Å². The zero-order valence-electron chi connectivity index (χ0n) is 9.57. The van der Waals surface area contributed by atoms with Gasteiger partial charge in [0, 0.05) is 18.5 Å². The minimum atomic E-state index is 0.314. The molecule has 0 fully saturated rings. The number of aliphatic hydroxyl groups is 1. The highest BCUT2D eigenvalue weighted by Crippen LogP contribution is 2.10. The molecule has 0 bridgehead atoms. The molecule has 1 N–H and O–H groups in total. The molecule has 0 aliphatic heterocycles. The van der Waals surface area contributed by atoms with Crippen molar-refractivity contribution in [3.8, 4) is 0 Å². The predicted molar refractivity (Wildman–Crippen MR) is 64.1 cm³/mol. The third kappa shape index (κ3) is 5.25. The Morgan fingerprint density at radius 1 is 1.40 bits per heavy atom. The van der Waals surface area contributed by atoms with Crippen molar-refractivity contribution in [1.82, 2.24) is 9.88 Å². The summed E-state index contributed by atoms with van der Waals surface area (Å²) in [7, 11) is 2.12. The van der Waals surface area contributed by atoms with Crippen LogP contribution in [0.4, 0.5) is 0 Å². The lowest BCUT2D eigenvalue weighted by Crippen LogP contribution is -2.19. The third-order valence-electron chi connectivity index (χ3n) is 2.30. The van der Waals surface area contributed by atoms with Gasteiger partial charge in [0.2, 0.25) is 0 Å². The molecular formula is C11H20N2OS. The molecule has 0 aromatic carbocycles. The van der Waals surface area contributed by atoms with Crippen molar-refractivity contribution in [2.24, 2.45) is 0 Å². The first-order valence-electron chi connectivity index (χ1n) is 5.43. The van der Waals surface area contributed by atoms with Crippen molar-refractivity contribution < 1.29 is 5.11 Å². The molecule has 0 atom stereocenters. The lowest BCUT2D eigenvalue weighted by molar-refractivity contribution is 0.270. The van der Waals surface area contributed by atoms with Crippen LogP contribution in [0.2, 0.25) is 0 Å².